The molecule has 2 rings (SSSR count). The maximum Gasteiger partial charge on any atom is 0.337 e. The summed E-state index contributed by atoms with van der Waals surface area (Å²) >= 11 is 0. The van der Waals surface area contributed by atoms with Crippen molar-refractivity contribution in [3.05, 3.63) is 47.7 Å². The summed E-state index contributed by atoms with van der Waals surface area (Å²) in [7, 11) is 0. The van der Waals surface area contributed by atoms with Crippen molar-refractivity contribution >= 4 is 11.9 Å². The molecule has 0 aliphatic heterocycles. The van der Waals surface area contributed by atoms with Crippen LogP contribution in [0, 0.1) is 6.92 Å². The maximum absolute atomic E-state index is 11.7. The summed E-state index contributed by atoms with van der Waals surface area (Å²) in [4.78, 5) is 22.6. The summed E-state index contributed by atoms with van der Waals surface area (Å²) in [5, 5.41) is 4.08. The van der Waals surface area contributed by atoms with Gasteiger partial charge >= 0.3 is 11.9 Å². The number of carbonyl (C=O) groups is 2. The maximum atomic E-state index is 11.7. The summed E-state index contributed by atoms with van der Waals surface area (Å²) in [6.45, 7) is 3.75. The number of hydrogen-bond acceptors (Lipinski definition) is 4. The first kappa shape index (κ1) is 13.4. The average molecular weight is 288 g/mol. The number of carboxylic acid groups (broad SMARTS) is 1. The van der Waals surface area contributed by atoms with Gasteiger partial charge in [0.15, 0.2) is 0 Å². The van der Waals surface area contributed by atoms with E-state index >= 15 is 0 Å². The Morgan fingerprint density at radius 1 is 1.33 bits per heavy atom. The molecule has 0 bridgehead atoms. The Hall–Kier alpha value is -2.56. The van der Waals surface area contributed by atoms with Gasteiger partial charge in [-0.25, -0.2) is 4.79 Å². The molecule has 0 saturated heterocycles. The minimum absolute atomic E-state index is 0.208. The number of rotatable bonds is 5. The van der Waals surface area contributed by atoms with Crippen LogP contribution in [0.1, 0.15) is 23.0 Å². The van der Waals surface area contributed by atoms with Gasteiger partial charge in [0.05, 0.1) is 12.1 Å². The van der Waals surface area contributed by atoms with Crippen molar-refractivity contribution in [3.8, 4) is 11.3 Å². The molecule has 5 heteroatoms. The fraction of sp³-hybridized carbons (Fsp3) is 0.250. The van der Waals surface area contributed by atoms with E-state index in [2.05, 4.69) is 5.11 Å². The summed E-state index contributed by atoms with van der Waals surface area (Å²) in [5.74, 6) is -1.06. The van der Waals surface area contributed by atoms with Crippen LogP contribution in [0.4, 0.5) is 0 Å². The molecule has 0 atom stereocenters. The zero-order chi connectivity index (χ0) is 16.1. The van der Waals surface area contributed by atoms with Crippen LogP contribution in [-0.2, 0) is 16.1 Å². The first-order valence-electron chi connectivity index (χ1n) is 7.01. The highest BCUT2D eigenvalue weighted by atomic mass is 16.5. The van der Waals surface area contributed by atoms with E-state index in [0.717, 1.165) is 11.3 Å². The highest BCUT2D eigenvalue weighted by Crippen LogP contribution is 2.25. The number of carbonyl (C=O) groups excluding carboxylic acids is 1. The molecule has 0 fully saturated rings. The molecule has 2 aromatic rings. The van der Waals surface area contributed by atoms with E-state index in [1.165, 1.54) is 6.92 Å². The van der Waals surface area contributed by atoms with E-state index in [0.29, 0.717) is 17.8 Å². The largest absolute Gasteiger partial charge is 0.478 e. The zero-order valence-electron chi connectivity index (χ0n) is 13.0. The molecule has 0 amide bonds. The van der Waals surface area contributed by atoms with E-state index in [1.807, 2.05) is 34.9 Å². The molecule has 1 aromatic heterocycles. The number of ether oxygens (including phenoxy) is 1. The zero-order valence-corrected chi connectivity index (χ0v) is 12.0. The highest BCUT2D eigenvalue weighted by molar-refractivity contribution is 5.91. The van der Waals surface area contributed by atoms with Crippen LogP contribution in [0.25, 0.3) is 12.7 Å². The third kappa shape index (κ3) is 3.31. The molecule has 0 aliphatic carbocycles. The van der Waals surface area contributed by atoms with Crippen LogP contribution in [0.15, 0.2) is 36.4 Å². The number of hydrogen-bond donors (Lipinski definition) is 1. The van der Waals surface area contributed by atoms with Crippen molar-refractivity contribution in [1.82, 2.24) is 4.57 Å². The van der Waals surface area contributed by atoms with Crippen LogP contribution in [0.3, 0.4) is 0 Å². The number of aromatic nitrogens is 1. The SMILES string of the molecule is [2H]OC(=O)c1cc(-c2ccccc2)n(CCOC(C)=O)c1C. The van der Waals surface area contributed by atoms with E-state index in [4.69, 9.17) is 6.17 Å². The van der Waals surface area contributed by atoms with Gasteiger partial charge in [-0.1, -0.05) is 30.3 Å². The van der Waals surface area contributed by atoms with Crippen LogP contribution in [0.5, 0.6) is 0 Å². The Bertz CT molecular complexity index is 679. The normalized spacial score (nSPS) is 10.9. The number of nitrogens with zero attached hydrogens (tertiary/aromatic N) is 1. The molecule has 0 radical (unpaired) electrons. The molecule has 0 aliphatic rings. The Morgan fingerprint density at radius 3 is 2.67 bits per heavy atom. The van der Waals surface area contributed by atoms with E-state index in [1.54, 1.807) is 13.0 Å². The number of benzene rings is 1. The highest BCUT2D eigenvalue weighted by Gasteiger charge is 2.17. The van der Waals surface area contributed by atoms with Gasteiger partial charge in [-0.3, -0.25) is 4.79 Å². The van der Waals surface area contributed by atoms with Crippen molar-refractivity contribution in [2.24, 2.45) is 0 Å². The van der Waals surface area contributed by atoms with Gasteiger partial charge in [-0.05, 0) is 18.6 Å². The molecule has 1 aromatic carbocycles. The van der Waals surface area contributed by atoms with Crippen molar-refractivity contribution in [2.75, 3.05) is 6.61 Å². The quantitative estimate of drug-likeness (QED) is 0.859. The van der Waals surface area contributed by atoms with E-state index in [-0.39, 0.29) is 12.6 Å². The third-order valence-electron chi connectivity index (χ3n) is 3.28. The van der Waals surface area contributed by atoms with Gasteiger partial charge in [0.1, 0.15) is 6.61 Å². The fourth-order valence-electron chi connectivity index (χ4n) is 2.27. The number of esters is 1. The second kappa shape index (κ2) is 6.26. The van der Waals surface area contributed by atoms with Crippen LogP contribution in [0.2, 0.25) is 0 Å². The van der Waals surface area contributed by atoms with Crippen molar-refractivity contribution < 1.29 is 19.4 Å². The monoisotopic (exact) mass is 288 g/mol. The fourth-order valence-corrected chi connectivity index (χ4v) is 2.27. The molecule has 0 unspecified atom stereocenters. The van der Waals surface area contributed by atoms with E-state index in [9.17, 15) is 9.59 Å². The van der Waals surface area contributed by atoms with Gasteiger partial charge < -0.3 is 14.4 Å². The van der Waals surface area contributed by atoms with Gasteiger partial charge in [0.25, 0.3) is 1.43 Å². The van der Waals surface area contributed by atoms with Crippen molar-refractivity contribution in [3.63, 3.8) is 0 Å². The van der Waals surface area contributed by atoms with Crippen LogP contribution >= 0.6 is 0 Å². The van der Waals surface area contributed by atoms with E-state index < -0.39 is 5.97 Å². The second-order valence-electron chi connectivity index (χ2n) is 4.67. The molecule has 110 valence electrons. The van der Waals surface area contributed by atoms with Crippen LogP contribution in [-0.4, -0.2) is 28.2 Å². The first-order valence-corrected chi connectivity index (χ1v) is 6.61. The summed E-state index contributed by atoms with van der Waals surface area (Å²) in [6, 6.07) is 11.2. The summed E-state index contributed by atoms with van der Waals surface area (Å²) < 4.78 is 13.6. The summed E-state index contributed by atoms with van der Waals surface area (Å²) in [5.41, 5.74) is 2.74. The minimum Gasteiger partial charge on any atom is -0.478 e. The predicted octanol–water partition coefficient (Wildman–Crippen LogP) is 2.72. The smallest absolute Gasteiger partial charge is 0.337 e. The lowest BCUT2D eigenvalue weighted by molar-refractivity contribution is -0.141. The third-order valence-corrected chi connectivity index (χ3v) is 3.28. The standard InChI is InChI=1S/C16H17NO4/c1-11-14(16(19)20)10-15(13-6-4-3-5-7-13)17(11)8-9-21-12(2)18/h3-7,10H,8-9H2,1-2H3,(H,19,20)/i/hD. The molecule has 0 saturated carbocycles. The van der Waals surface area contributed by atoms with Gasteiger partial charge in [-0.2, -0.15) is 0 Å². The topological polar surface area (TPSA) is 68.5 Å². The summed E-state index contributed by atoms with van der Waals surface area (Å²) in [6.07, 6.45) is 0. The second-order valence-corrected chi connectivity index (χ2v) is 4.67. The predicted molar refractivity (Wildman–Crippen MR) is 78.2 cm³/mol. The molecule has 21 heavy (non-hydrogen) atoms. The van der Waals surface area contributed by atoms with Crippen LogP contribution < -0.4 is 0 Å². The molecule has 1 heterocycles. The van der Waals surface area contributed by atoms with Gasteiger partial charge in [-0.15, -0.1) is 0 Å². The van der Waals surface area contributed by atoms with Gasteiger partial charge in [0.2, 0.25) is 0 Å². The number of aromatic carboxylic acids is 1. The molecule has 1 N–H and O–H groups in total. The van der Waals surface area contributed by atoms with Crippen molar-refractivity contribution in [2.45, 2.75) is 20.4 Å². The Labute approximate surface area is 124 Å². The molecular formula is C16H17NO4. The lowest BCUT2D eigenvalue weighted by Crippen LogP contribution is -2.11. The molecular weight excluding hydrogens is 270 g/mol. The Kier molecular flexibility index (Phi) is 4.00. The molecule has 0 spiro atoms. The Balaban J connectivity index is 2.41. The average Bonchev–Trinajstić information content (AvgIpc) is 2.84. The lowest BCUT2D eigenvalue weighted by Gasteiger charge is -2.12. The van der Waals surface area contributed by atoms with Gasteiger partial charge in [0, 0.05) is 18.3 Å². The van der Waals surface area contributed by atoms with Crippen molar-refractivity contribution in [1.29, 1.82) is 1.43 Å². The number of carboxylic acids is 1. The Morgan fingerprint density at radius 2 is 2.05 bits per heavy atom. The first-order chi connectivity index (χ1) is 10.5. The lowest BCUT2D eigenvalue weighted by atomic mass is 10.1. The molecule has 5 nitrogen and oxygen atoms in total. The minimum atomic E-state index is -0.707.